The number of rotatable bonds is 2. The van der Waals surface area contributed by atoms with Gasteiger partial charge < -0.3 is 0 Å². The van der Waals surface area contributed by atoms with Gasteiger partial charge in [0.2, 0.25) is 0 Å². The molecule has 2 rings (SSSR count). The summed E-state index contributed by atoms with van der Waals surface area (Å²) in [6, 6.07) is 4.99. The lowest BCUT2D eigenvalue weighted by Crippen LogP contribution is -1.92. The first kappa shape index (κ1) is 12.8. The fourth-order valence-corrected chi connectivity index (χ4v) is 2.17. The predicted octanol–water partition coefficient (Wildman–Crippen LogP) is 2.82. The summed E-state index contributed by atoms with van der Waals surface area (Å²) in [5.41, 5.74) is 0.615. The Kier molecular flexibility index (Phi) is 3.44. The highest BCUT2D eigenvalue weighted by molar-refractivity contribution is 9.10. The third kappa shape index (κ3) is 2.79. The molecule has 0 unspecified atom stereocenters. The van der Waals surface area contributed by atoms with E-state index in [9.17, 15) is 8.42 Å². The topological polar surface area (TPSA) is 75.7 Å². The van der Waals surface area contributed by atoms with Crippen molar-refractivity contribution in [1.29, 1.82) is 0 Å². The molecule has 1 aromatic carbocycles. The van der Waals surface area contributed by atoms with E-state index in [0.717, 1.165) is 0 Å². The summed E-state index contributed by atoms with van der Waals surface area (Å²) in [4.78, 5) is 3.77. The smallest absolute Gasteiger partial charge is 0.248 e. The molecule has 1 aromatic heterocycles. The van der Waals surface area contributed by atoms with Crippen molar-refractivity contribution in [1.82, 2.24) is 15.2 Å². The Labute approximate surface area is 115 Å². The van der Waals surface area contributed by atoms with Crippen LogP contribution in [0.5, 0.6) is 0 Å². The Morgan fingerprint density at radius 3 is 2.59 bits per heavy atom. The predicted molar refractivity (Wildman–Crippen MR) is 67.6 cm³/mol. The van der Waals surface area contributed by atoms with E-state index in [1.54, 1.807) is 18.2 Å². The number of benzene rings is 1. The maximum atomic E-state index is 11.0. The summed E-state index contributed by atoms with van der Waals surface area (Å²) in [6.07, 6.45) is 0. The summed E-state index contributed by atoms with van der Waals surface area (Å²) in [7, 11) is 1.22. The monoisotopic (exact) mass is 355 g/mol. The molecule has 0 atom stereocenters. The van der Waals surface area contributed by atoms with E-state index in [4.69, 9.17) is 22.3 Å². The minimum absolute atomic E-state index is 0.224. The van der Waals surface area contributed by atoms with Gasteiger partial charge in [-0.3, -0.25) is 0 Å². The molecule has 0 radical (unpaired) electrons. The van der Waals surface area contributed by atoms with E-state index in [-0.39, 0.29) is 11.0 Å². The molecule has 90 valence electrons. The number of hydrogen-bond donors (Lipinski definition) is 1. The molecule has 9 heteroatoms. The lowest BCUT2D eigenvalue weighted by Gasteiger charge is -1.98. The number of nitrogens with zero attached hydrogens (tertiary/aromatic N) is 2. The molecule has 1 N–H and O–H groups in total. The van der Waals surface area contributed by atoms with Crippen LogP contribution >= 0.6 is 38.2 Å². The summed E-state index contributed by atoms with van der Waals surface area (Å²) < 4.78 is 22.7. The normalized spacial score (nSPS) is 11.7. The molecule has 0 saturated carbocycles. The average molecular weight is 357 g/mol. The molecule has 0 aliphatic carbocycles. The maximum absolute atomic E-state index is 11.0. The van der Waals surface area contributed by atoms with Crippen LogP contribution in [0.4, 0.5) is 0 Å². The van der Waals surface area contributed by atoms with Crippen molar-refractivity contribution in [2.24, 2.45) is 0 Å². The molecule has 0 aliphatic heterocycles. The number of aromatic nitrogens is 3. The third-order valence-corrected chi connectivity index (χ3v) is 4.17. The van der Waals surface area contributed by atoms with Gasteiger partial charge in [0.15, 0.2) is 5.82 Å². The van der Waals surface area contributed by atoms with Crippen LogP contribution in [0.15, 0.2) is 27.8 Å². The number of nitrogens with one attached hydrogen (secondary N) is 1. The lowest BCUT2D eigenvalue weighted by molar-refractivity contribution is 0.602. The SMILES string of the molecule is O=S(=O)(Cl)c1nc(-c2ccc(Cl)c(Br)c2)n[nH]1. The zero-order chi connectivity index (χ0) is 12.6. The van der Waals surface area contributed by atoms with Crippen LogP contribution in [0, 0.1) is 0 Å². The minimum Gasteiger partial charge on any atom is -0.248 e. The van der Waals surface area contributed by atoms with Gasteiger partial charge in [-0.2, -0.15) is 10.1 Å². The molecule has 5 nitrogen and oxygen atoms in total. The van der Waals surface area contributed by atoms with E-state index in [0.29, 0.717) is 15.1 Å². The zero-order valence-electron chi connectivity index (χ0n) is 7.99. The van der Waals surface area contributed by atoms with Crippen molar-refractivity contribution in [2.45, 2.75) is 5.16 Å². The maximum Gasteiger partial charge on any atom is 0.296 e. The van der Waals surface area contributed by atoms with E-state index in [1.165, 1.54) is 0 Å². The summed E-state index contributed by atoms with van der Waals surface area (Å²) >= 11 is 9.08. The van der Waals surface area contributed by atoms with Crippen LogP contribution in [0.1, 0.15) is 0 Å². The Balaban J connectivity index is 2.47. The Morgan fingerprint density at radius 2 is 2.06 bits per heavy atom. The van der Waals surface area contributed by atoms with Gasteiger partial charge in [0.1, 0.15) is 0 Å². The van der Waals surface area contributed by atoms with Crippen molar-refractivity contribution in [2.75, 3.05) is 0 Å². The molecule has 1 heterocycles. The lowest BCUT2D eigenvalue weighted by atomic mass is 10.2. The number of aromatic amines is 1. The molecule has 17 heavy (non-hydrogen) atoms. The van der Waals surface area contributed by atoms with Gasteiger partial charge in [-0.15, -0.1) is 0 Å². The third-order valence-electron chi connectivity index (χ3n) is 1.87. The average Bonchev–Trinajstić information content (AvgIpc) is 2.70. The Morgan fingerprint density at radius 1 is 1.35 bits per heavy atom. The van der Waals surface area contributed by atoms with Gasteiger partial charge in [0, 0.05) is 20.7 Å². The van der Waals surface area contributed by atoms with Crippen LogP contribution in [0.3, 0.4) is 0 Å². The molecule has 0 spiro atoms. The minimum atomic E-state index is -3.90. The van der Waals surface area contributed by atoms with Gasteiger partial charge in [0.25, 0.3) is 14.2 Å². The quantitative estimate of drug-likeness (QED) is 0.839. The van der Waals surface area contributed by atoms with Crippen molar-refractivity contribution < 1.29 is 8.42 Å². The van der Waals surface area contributed by atoms with Crippen LogP contribution in [0.25, 0.3) is 11.4 Å². The van der Waals surface area contributed by atoms with E-state index in [2.05, 4.69) is 31.1 Å². The fourth-order valence-electron chi connectivity index (χ4n) is 1.12. The highest BCUT2D eigenvalue weighted by Gasteiger charge is 2.17. The van der Waals surface area contributed by atoms with E-state index < -0.39 is 9.05 Å². The summed E-state index contributed by atoms with van der Waals surface area (Å²) in [5, 5.41) is 6.16. The van der Waals surface area contributed by atoms with E-state index >= 15 is 0 Å². The summed E-state index contributed by atoms with van der Waals surface area (Å²) in [5.74, 6) is 0.224. The van der Waals surface area contributed by atoms with Crippen molar-refractivity contribution in [3.05, 3.63) is 27.7 Å². The van der Waals surface area contributed by atoms with Gasteiger partial charge in [-0.25, -0.2) is 13.5 Å². The number of hydrogen-bond acceptors (Lipinski definition) is 4. The highest BCUT2D eigenvalue weighted by Crippen LogP contribution is 2.27. The largest absolute Gasteiger partial charge is 0.296 e. The van der Waals surface area contributed by atoms with Crippen molar-refractivity contribution in [3.8, 4) is 11.4 Å². The molecule has 0 fully saturated rings. The second-order valence-corrected chi connectivity index (χ2v) is 6.77. The van der Waals surface area contributed by atoms with Crippen molar-refractivity contribution >= 4 is 47.3 Å². The summed E-state index contributed by atoms with van der Waals surface area (Å²) in [6.45, 7) is 0. The van der Waals surface area contributed by atoms with Gasteiger partial charge in [0.05, 0.1) is 5.02 Å². The van der Waals surface area contributed by atoms with Crippen LogP contribution in [-0.4, -0.2) is 23.6 Å². The van der Waals surface area contributed by atoms with E-state index in [1.807, 2.05) is 0 Å². The first-order chi connectivity index (χ1) is 7.88. The molecule has 0 amide bonds. The van der Waals surface area contributed by atoms with Gasteiger partial charge >= 0.3 is 0 Å². The first-order valence-electron chi connectivity index (χ1n) is 4.20. The molecular formula is C8H4BrCl2N3O2S. The molecule has 2 aromatic rings. The second kappa shape index (κ2) is 4.56. The van der Waals surface area contributed by atoms with Gasteiger partial charge in [-0.1, -0.05) is 11.6 Å². The Bertz CT molecular complexity index is 671. The van der Waals surface area contributed by atoms with Crippen LogP contribution < -0.4 is 0 Å². The van der Waals surface area contributed by atoms with Gasteiger partial charge in [-0.05, 0) is 34.1 Å². The standard InChI is InChI=1S/C8H4BrCl2N3O2S/c9-5-3-4(1-2-6(5)10)7-12-8(14-13-7)17(11,15)16/h1-3H,(H,12,13,14). The number of H-pyrrole nitrogens is 1. The molecule has 0 aliphatic rings. The molecule has 0 bridgehead atoms. The molecular weight excluding hydrogens is 353 g/mol. The van der Waals surface area contributed by atoms with Crippen LogP contribution in [0.2, 0.25) is 5.02 Å². The number of halogens is 3. The fraction of sp³-hybridized carbons (Fsp3) is 0. The first-order valence-corrected chi connectivity index (χ1v) is 7.68. The zero-order valence-corrected chi connectivity index (χ0v) is 11.9. The molecule has 0 saturated heterocycles. The second-order valence-electron chi connectivity index (χ2n) is 3.03. The highest BCUT2D eigenvalue weighted by atomic mass is 79.9. The Hall–Kier alpha value is -0.630. The van der Waals surface area contributed by atoms with Crippen molar-refractivity contribution in [3.63, 3.8) is 0 Å². The van der Waals surface area contributed by atoms with Crippen LogP contribution in [-0.2, 0) is 9.05 Å².